The summed E-state index contributed by atoms with van der Waals surface area (Å²) in [6.07, 6.45) is 0. The van der Waals surface area contributed by atoms with Crippen molar-refractivity contribution in [3.8, 4) is 0 Å². The van der Waals surface area contributed by atoms with Gasteiger partial charge in [-0.25, -0.2) is 9.97 Å². The Morgan fingerprint density at radius 3 is 2.17 bits per heavy atom. The minimum Gasteiger partial charge on any atom is -0.273 e. The Labute approximate surface area is 140 Å². The lowest BCUT2D eigenvalue weighted by Crippen LogP contribution is -2.47. The van der Waals surface area contributed by atoms with E-state index in [1.807, 2.05) is 12.1 Å². The molecule has 2 heterocycles. The quantitative estimate of drug-likeness (QED) is 0.659. The van der Waals surface area contributed by atoms with Gasteiger partial charge in [-0.05, 0) is 12.1 Å². The van der Waals surface area contributed by atoms with Gasteiger partial charge in [-0.3, -0.25) is 14.4 Å². The average Bonchev–Trinajstić information content (AvgIpc) is 2.81. The Balaban J connectivity index is 2.47. The van der Waals surface area contributed by atoms with E-state index in [0.717, 1.165) is 16.3 Å². The molecule has 1 aromatic carbocycles. The number of nitrogens with zero attached hydrogens (tertiary/aromatic N) is 5. The fourth-order valence-corrected chi connectivity index (χ4v) is 3.26. The minimum atomic E-state index is -0.512. The Bertz CT molecular complexity index is 1050. The smallest absolute Gasteiger partial charge is 0.245 e. The highest BCUT2D eigenvalue weighted by molar-refractivity contribution is 7.16. The van der Waals surface area contributed by atoms with Crippen LogP contribution in [-0.2, 0) is 14.4 Å². The minimum absolute atomic E-state index is 0.165. The van der Waals surface area contributed by atoms with Crippen molar-refractivity contribution in [1.29, 1.82) is 0 Å². The highest BCUT2D eigenvalue weighted by Crippen LogP contribution is 2.18. The van der Waals surface area contributed by atoms with Crippen molar-refractivity contribution >= 4 is 50.6 Å². The van der Waals surface area contributed by atoms with E-state index in [1.54, 1.807) is 12.1 Å². The van der Waals surface area contributed by atoms with Gasteiger partial charge in [0.05, 0.1) is 11.0 Å². The number of carbonyl (C=O) groups excluding carboxylic acids is 3. The topological polar surface area (TPSA) is 97.5 Å². The predicted molar refractivity (Wildman–Crippen MR) is 88.7 cm³/mol. The van der Waals surface area contributed by atoms with Crippen LogP contribution in [0.3, 0.4) is 0 Å². The van der Waals surface area contributed by atoms with Crippen LogP contribution >= 0.6 is 11.3 Å². The molecule has 0 saturated carbocycles. The third-order valence-electron chi connectivity index (χ3n) is 3.14. The van der Waals surface area contributed by atoms with Gasteiger partial charge in [-0.1, -0.05) is 23.5 Å². The number of hydrogen-bond acceptors (Lipinski definition) is 6. The van der Waals surface area contributed by atoms with E-state index in [2.05, 4.69) is 15.0 Å². The number of aromatic nitrogens is 3. The summed E-state index contributed by atoms with van der Waals surface area (Å²) in [7, 11) is 0. The van der Waals surface area contributed by atoms with Gasteiger partial charge in [0.25, 0.3) is 0 Å². The fraction of sp³-hybridized carbons (Fsp3) is 0.200. The molecule has 8 nitrogen and oxygen atoms in total. The molecule has 0 spiro atoms. The number of fused-ring (bicyclic) bond motifs is 2. The van der Waals surface area contributed by atoms with E-state index in [9.17, 15) is 14.4 Å². The van der Waals surface area contributed by atoms with E-state index < -0.39 is 17.7 Å². The molecule has 0 aliphatic carbocycles. The average molecular weight is 343 g/mol. The maximum Gasteiger partial charge on any atom is 0.245 e. The van der Waals surface area contributed by atoms with E-state index in [4.69, 9.17) is 0 Å². The Kier molecular flexibility index (Phi) is 3.94. The molecule has 0 aliphatic heterocycles. The number of benzene rings is 1. The molecule has 0 radical (unpaired) electrons. The van der Waals surface area contributed by atoms with E-state index >= 15 is 0 Å². The lowest BCUT2D eigenvalue weighted by molar-refractivity contribution is -0.126. The molecule has 3 amide bonds. The van der Waals surface area contributed by atoms with Gasteiger partial charge in [-0.2, -0.15) is 14.7 Å². The fourth-order valence-electron chi connectivity index (χ4n) is 2.29. The molecule has 0 N–H and O–H groups in total. The van der Waals surface area contributed by atoms with Crippen molar-refractivity contribution in [3.63, 3.8) is 0 Å². The standard InChI is InChI=1S/C15H13N5O3S/c1-8(21)16-15-20(19(9(2)22)10(3)23)13-14(24-15)18-12-7-5-4-6-11(12)17-13/h4-7H,1-3H3. The zero-order valence-electron chi connectivity index (χ0n) is 13.2. The first-order valence-corrected chi connectivity index (χ1v) is 7.85. The van der Waals surface area contributed by atoms with Gasteiger partial charge < -0.3 is 0 Å². The lowest BCUT2D eigenvalue weighted by atomic mass is 10.3. The van der Waals surface area contributed by atoms with Gasteiger partial charge in [0.15, 0.2) is 10.5 Å². The summed E-state index contributed by atoms with van der Waals surface area (Å²) in [6, 6.07) is 7.23. The third-order valence-corrected chi connectivity index (χ3v) is 4.05. The highest BCUT2D eigenvalue weighted by Gasteiger charge is 2.23. The van der Waals surface area contributed by atoms with Crippen molar-refractivity contribution < 1.29 is 14.4 Å². The summed E-state index contributed by atoms with van der Waals surface area (Å²) in [5, 5.41) is 0.893. The molecule has 0 atom stereocenters. The molecular formula is C15H13N5O3S. The molecule has 3 rings (SSSR count). The van der Waals surface area contributed by atoms with Crippen LogP contribution in [0.15, 0.2) is 29.3 Å². The van der Waals surface area contributed by atoms with Crippen LogP contribution in [-0.4, -0.2) is 32.4 Å². The van der Waals surface area contributed by atoms with Crippen molar-refractivity contribution in [2.24, 2.45) is 4.99 Å². The Hall–Kier alpha value is -2.94. The predicted octanol–water partition coefficient (Wildman–Crippen LogP) is 1.12. The molecular weight excluding hydrogens is 330 g/mol. The van der Waals surface area contributed by atoms with Crippen molar-refractivity contribution in [3.05, 3.63) is 29.1 Å². The third kappa shape index (κ3) is 2.69. The number of rotatable bonds is 1. The number of amides is 3. The molecule has 0 fully saturated rings. The SMILES string of the molecule is CC(=O)N=c1sc2nc3ccccc3nc2n1N(C(C)=O)C(C)=O. The normalized spacial score (nSPS) is 11.9. The molecule has 0 aliphatic rings. The second kappa shape index (κ2) is 5.93. The molecule has 9 heteroatoms. The number of imide groups is 1. The molecule has 2 aromatic heterocycles. The summed E-state index contributed by atoms with van der Waals surface area (Å²) in [4.78, 5) is 48.8. The van der Waals surface area contributed by atoms with Gasteiger partial charge in [-0.15, -0.1) is 0 Å². The number of thiazole rings is 1. The molecule has 24 heavy (non-hydrogen) atoms. The zero-order valence-corrected chi connectivity index (χ0v) is 14.0. The van der Waals surface area contributed by atoms with Gasteiger partial charge in [0, 0.05) is 20.8 Å². The largest absolute Gasteiger partial charge is 0.273 e. The van der Waals surface area contributed by atoms with Crippen LogP contribution in [0.2, 0.25) is 0 Å². The van der Waals surface area contributed by atoms with Gasteiger partial charge in [0.1, 0.15) is 0 Å². The molecule has 122 valence electrons. The van der Waals surface area contributed by atoms with Crippen LogP contribution in [0.25, 0.3) is 21.5 Å². The lowest BCUT2D eigenvalue weighted by Gasteiger charge is -2.18. The van der Waals surface area contributed by atoms with Crippen LogP contribution in [0.5, 0.6) is 0 Å². The molecule has 0 saturated heterocycles. The summed E-state index contributed by atoms with van der Waals surface area (Å²) >= 11 is 1.09. The van der Waals surface area contributed by atoms with Crippen LogP contribution in [0, 0.1) is 0 Å². The number of carbonyl (C=O) groups is 3. The van der Waals surface area contributed by atoms with Crippen molar-refractivity contribution in [2.45, 2.75) is 20.8 Å². The number of hydrogen-bond donors (Lipinski definition) is 0. The monoisotopic (exact) mass is 343 g/mol. The van der Waals surface area contributed by atoms with Crippen LogP contribution in [0.1, 0.15) is 20.8 Å². The Morgan fingerprint density at radius 1 is 1.04 bits per heavy atom. The van der Waals surface area contributed by atoms with E-state index in [0.29, 0.717) is 21.5 Å². The zero-order chi connectivity index (χ0) is 17.4. The first kappa shape index (κ1) is 15.9. The molecule has 0 bridgehead atoms. The van der Waals surface area contributed by atoms with E-state index in [1.165, 1.54) is 25.4 Å². The second-order valence-corrected chi connectivity index (χ2v) is 5.97. The second-order valence-electron chi connectivity index (χ2n) is 5.02. The van der Waals surface area contributed by atoms with Gasteiger partial charge in [0.2, 0.25) is 22.5 Å². The highest BCUT2D eigenvalue weighted by atomic mass is 32.1. The van der Waals surface area contributed by atoms with Gasteiger partial charge >= 0.3 is 0 Å². The van der Waals surface area contributed by atoms with E-state index in [-0.39, 0.29) is 4.80 Å². The first-order valence-electron chi connectivity index (χ1n) is 7.03. The maximum absolute atomic E-state index is 11.9. The Morgan fingerprint density at radius 2 is 1.62 bits per heavy atom. The van der Waals surface area contributed by atoms with Crippen LogP contribution in [0.4, 0.5) is 0 Å². The van der Waals surface area contributed by atoms with Crippen LogP contribution < -0.4 is 9.81 Å². The summed E-state index contributed by atoms with van der Waals surface area (Å²) in [5.41, 5.74) is 1.58. The summed E-state index contributed by atoms with van der Waals surface area (Å²) < 4.78 is 1.24. The molecule has 3 aromatic rings. The summed E-state index contributed by atoms with van der Waals surface area (Å²) in [5.74, 6) is -1.48. The van der Waals surface area contributed by atoms with Crippen molar-refractivity contribution in [1.82, 2.24) is 14.6 Å². The number of para-hydroxylation sites is 2. The first-order chi connectivity index (χ1) is 11.4. The molecule has 0 unspecified atom stereocenters. The van der Waals surface area contributed by atoms with Crippen molar-refractivity contribution in [2.75, 3.05) is 5.01 Å². The maximum atomic E-state index is 11.9. The summed E-state index contributed by atoms with van der Waals surface area (Å²) in [6.45, 7) is 3.80.